The van der Waals surface area contributed by atoms with Gasteiger partial charge in [0.1, 0.15) is 5.75 Å². The van der Waals surface area contributed by atoms with Crippen molar-refractivity contribution in [2.75, 3.05) is 0 Å². The summed E-state index contributed by atoms with van der Waals surface area (Å²) in [6.45, 7) is 4.64. The van der Waals surface area contributed by atoms with Gasteiger partial charge >= 0.3 is 5.97 Å². The molecule has 6 heteroatoms. The lowest BCUT2D eigenvalue weighted by Crippen LogP contribution is -2.63. The number of nitrogens with one attached hydrogen (secondary N) is 1. The van der Waals surface area contributed by atoms with Crippen molar-refractivity contribution < 1.29 is 19.8 Å². The maximum Gasteiger partial charge on any atom is 0.303 e. The Hall–Kier alpha value is -2.34. The lowest BCUT2D eigenvalue weighted by molar-refractivity contribution is -0.137. The summed E-state index contributed by atoms with van der Waals surface area (Å²) in [5.41, 5.74) is 0.882. The minimum absolute atomic E-state index is 0.0570. The van der Waals surface area contributed by atoms with Crippen LogP contribution in [0.4, 0.5) is 0 Å². The van der Waals surface area contributed by atoms with Crippen LogP contribution >= 0.6 is 11.3 Å². The van der Waals surface area contributed by atoms with Crippen molar-refractivity contribution in [3.63, 3.8) is 0 Å². The second kappa shape index (κ2) is 8.65. The second-order valence-corrected chi connectivity index (χ2v) is 10.5. The maximum atomic E-state index is 13.2. The number of rotatable bonds is 8. The molecule has 2 bridgehead atoms. The van der Waals surface area contributed by atoms with Gasteiger partial charge in [0.25, 0.3) is 5.91 Å². The van der Waals surface area contributed by atoms with Crippen molar-refractivity contribution in [2.45, 2.75) is 58.4 Å². The van der Waals surface area contributed by atoms with Crippen LogP contribution in [0, 0.1) is 23.2 Å². The van der Waals surface area contributed by atoms with Gasteiger partial charge in [0.05, 0.1) is 10.3 Å². The number of phenolic OH excluding ortho intramolecular Hbond substituents is 1. The Morgan fingerprint density at radius 3 is 2.81 bits per heavy atom. The molecule has 0 saturated heterocycles. The van der Waals surface area contributed by atoms with Gasteiger partial charge in [0.15, 0.2) is 0 Å². The molecule has 0 radical (unpaired) electrons. The number of carbonyl (C=O) groups is 2. The van der Waals surface area contributed by atoms with E-state index in [1.165, 1.54) is 17.8 Å². The summed E-state index contributed by atoms with van der Waals surface area (Å²) in [5, 5.41) is 24.8. The van der Waals surface area contributed by atoms with Gasteiger partial charge in [-0.15, -0.1) is 11.3 Å². The fraction of sp³-hybridized carbons (Fsp3) is 0.520. The summed E-state index contributed by atoms with van der Waals surface area (Å²) in [7, 11) is 0. The summed E-state index contributed by atoms with van der Waals surface area (Å²) in [6.07, 6.45) is 9.08. The molecule has 31 heavy (non-hydrogen) atoms. The van der Waals surface area contributed by atoms with Crippen molar-refractivity contribution >= 4 is 33.3 Å². The van der Waals surface area contributed by atoms with Gasteiger partial charge in [-0.3, -0.25) is 9.59 Å². The van der Waals surface area contributed by atoms with Gasteiger partial charge in [-0.2, -0.15) is 0 Å². The van der Waals surface area contributed by atoms with Crippen LogP contribution in [0.5, 0.6) is 5.75 Å². The predicted molar refractivity (Wildman–Crippen MR) is 123 cm³/mol. The Morgan fingerprint density at radius 2 is 2.06 bits per heavy atom. The number of fused-ring (bicyclic) bond motifs is 3. The summed E-state index contributed by atoms with van der Waals surface area (Å²) < 4.78 is 0.751. The highest BCUT2D eigenvalue weighted by molar-refractivity contribution is 7.18. The van der Waals surface area contributed by atoms with Gasteiger partial charge in [-0.1, -0.05) is 38.1 Å². The molecule has 3 fully saturated rings. The fourth-order valence-corrected chi connectivity index (χ4v) is 6.54. The van der Waals surface area contributed by atoms with E-state index in [2.05, 4.69) is 31.3 Å². The van der Waals surface area contributed by atoms with Gasteiger partial charge in [0.2, 0.25) is 0 Å². The van der Waals surface area contributed by atoms with Crippen molar-refractivity contribution in [1.82, 2.24) is 5.32 Å². The van der Waals surface area contributed by atoms with Crippen LogP contribution in [0.1, 0.15) is 62.7 Å². The van der Waals surface area contributed by atoms with Crippen molar-refractivity contribution in [3.05, 3.63) is 41.3 Å². The van der Waals surface area contributed by atoms with E-state index in [0.29, 0.717) is 29.7 Å². The zero-order valence-electron chi connectivity index (χ0n) is 18.1. The number of carboxylic acid groups (broad SMARTS) is 1. The standard InChI is InChI=1S/C25H31NO4S/c1-25(2)16-12-15(8-5-3-4-6-11-21(28)29)22(19(25)13-16)26-24(30)18-14-31-23-17(18)9-7-10-20(23)27/h3,5,7,9-10,14-16,19,22,27H,4,6,8,11-13H2,1-2H3,(H,26,30)(H,28,29)/t15-,16+,19+,22?/m0/s1. The number of phenols is 1. The monoisotopic (exact) mass is 441 g/mol. The maximum absolute atomic E-state index is 13.2. The number of amides is 1. The van der Waals surface area contributed by atoms with E-state index in [1.807, 2.05) is 11.4 Å². The van der Waals surface area contributed by atoms with Gasteiger partial charge in [0, 0.05) is 23.2 Å². The second-order valence-electron chi connectivity index (χ2n) is 9.65. The van der Waals surface area contributed by atoms with Gasteiger partial charge < -0.3 is 15.5 Å². The number of aromatic hydroxyl groups is 1. The fourth-order valence-electron chi connectivity index (χ4n) is 5.57. The smallest absolute Gasteiger partial charge is 0.303 e. The molecule has 1 aromatic heterocycles. The molecular formula is C25H31NO4S. The lowest BCUT2D eigenvalue weighted by Gasteiger charge is -2.62. The average molecular weight is 442 g/mol. The molecule has 5 nitrogen and oxygen atoms in total. The van der Waals surface area contributed by atoms with Crippen LogP contribution in [-0.4, -0.2) is 28.1 Å². The van der Waals surface area contributed by atoms with E-state index < -0.39 is 5.97 Å². The largest absolute Gasteiger partial charge is 0.506 e. The van der Waals surface area contributed by atoms with Crippen molar-refractivity contribution in [1.29, 1.82) is 0 Å². The van der Waals surface area contributed by atoms with Crippen LogP contribution < -0.4 is 5.32 Å². The molecule has 3 aliphatic carbocycles. The summed E-state index contributed by atoms with van der Waals surface area (Å²) in [5.74, 6) is 0.982. The first kappa shape index (κ1) is 21.9. The topological polar surface area (TPSA) is 86.6 Å². The minimum atomic E-state index is -0.750. The number of unbranched alkanes of at least 4 members (excludes halogenated alkanes) is 1. The third kappa shape index (κ3) is 4.22. The molecule has 1 unspecified atom stereocenters. The van der Waals surface area contributed by atoms with Gasteiger partial charge in [-0.05, 0) is 61.3 Å². The molecule has 3 saturated carbocycles. The third-order valence-electron chi connectivity index (χ3n) is 7.56. The molecular weight excluding hydrogens is 410 g/mol. The average Bonchev–Trinajstić information content (AvgIpc) is 3.16. The Kier molecular flexibility index (Phi) is 6.11. The summed E-state index contributed by atoms with van der Waals surface area (Å²) in [4.78, 5) is 23.9. The van der Waals surface area contributed by atoms with Crippen LogP contribution in [0.15, 0.2) is 35.7 Å². The number of hydrogen-bond acceptors (Lipinski definition) is 4. The lowest BCUT2D eigenvalue weighted by atomic mass is 9.44. The first-order chi connectivity index (χ1) is 14.8. The number of carboxylic acids is 1. The number of hydrogen-bond donors (Lipinski definition) is 3. The molecule has 3 N–H and O–H groups in total. The third-order valence-corrected chi connectivity index (χ3v) is 8.58. The number of thiophene rings is 1. The highest BCUT2D eigenvalue weighted by Gasteiger charge is 2.57. The number of aliphatic carboxylic acids is 1. The molecule has 0 aliphatic heterocycles. The normalized spacial score (nSPS) is 26.6. The van der Waals surface area contributed by atoms with E-state index in [4.69, 9.17) is 5.11 Å². The van der Waals surface area contributed by atoms with Gasteiger partial charge in [-0.25, -0.2) is 0 Å². The SMILES string of the molecule is CC1(C)[C@@H]2C[C@H](CC=CCCCC(=O)O)C(NC(=O)c3csc4c(O)cccc34)[C@H]1C2. The molecule has 0 spiro atoms. The Bertz CT molecular complexity index is 1010. The first-order valence-corrected chi connectivity index (χ1v) is 12.0. The molecule has 2 aromatic rings. The molecule has 5 rings (SSSR count). The van der Waals surface area contributed by atoms with Crippen LogP contribution in [0.3, 0.4) is 0 Å². The minimum Gasteiger partial charge on any atom is -0.506 e. The molecule has 1 aromatic carbocycles. The Morgan fingerprint density at radius 1 is 1.26 bits per heavy atom. The van der Waals surface area contributed by atoms with Crippen molar-refractivity contribution in [3.8, 4) is 5.75 Å². The zero-order valence-corrected chi connectivity index (χ0v) is 19.0. The number of carbonyl (C=O) groups excluding carboxylic acids is 1. The number of allylic oxidation sites excluding steroid dienone is 2. The first-order valence-electron chi connectivity index (χ1n) is 11.2. The van der Waals surface area contributed by atoms with Crippen LogP contribution in [0.2, 0.25) is 0 Å². The molecule has 3 aliphatic rings. The number of benzene rings is 1. The van der Waals surface area contributed by atoms with E-state index >= 15 is 0 Å². The predicted octanol–water partition coefficient (Wildman–Crippen LogP) is 5.59. The van der Waals surface area contributed by atoms with E-state index in [1.54, 1.807) is 12.1 Å². The van der Waals surface area contributed by atoms with E-state index in [-0.39, 0.29) is 29.5 Å². The van der Waals surface area contributed by atoms with Crippen LogP contribution in [0.25, 0.3) is 10.1 Å². The summed E-state index contributed by atoms with van der Waals surface area (Å²) >= 11 is 1.40. The molecule has 1 heterocycles. The van der Waals surface area contributed by atoms with E-state index in [9.17, 15) is 14.7 Å². The Balaban J connectivity index is 1.46. The van der Waals surface area contributed by atoms with Crippen molar-refractivity contribution in [2.24, 2.45) is 23.2 Å². The van der Waals surface area contributed by atoms with Crippen LogP contribution in [-0.2, 0) is 4.79 Å². The molecule has 1 amide bonds. The Labute approximate surface area is 187 Å². The highest BCUT2D eigenvalue weighted by Crippen LogP contribution is 2.61. The zero-order chi connectivity index (χ0) is 22.2. The summed E-state index contributed by atoms with van der Waals surface area (Å²) in [6, 6.07) is 5.45. The molecule has 4 atom stereocenters. The quantitative estimate of drug-likeness (QED) is 0.368. The van der Waals surface area contributed by atoms with E-state index in [0.717, 1.165) is 29.3 Å². The molecule has 166 valence electrons. The highest BCUT2D eigenvalue weighted by atomic mass is 32.1.